The number of hydrogen-bond donors (Lipinski definition) is 2. The molecule has 4 atom stereocenters. The average molecular weight is 502 g/mol. The van der Waals surface area contributed by atoms with Crippen molar-refractivity contribution in [2.75, 3.05) is 25.1 Å². The number of aromatic nitrogens is 1. The second-order valence-corrected chi connectivity index (χ2v) is 9.52. The number of anilines is 1. The fraction of sp³-hybridized carbons (Fsp3) is 0.345. The minimum Gasteiger partial charge on any atom is -0.389 e. The number of ether oxygens (including phenoxy) is 2. The molecular formula is C29H31N3O5. The molecule has 8 heteroatoms. The first kappa shape index (κ1) is 25.1. The zero-order valence-electron chi connectivity index (χ0n) is 20.5. The van der Waals surface area contributed by atoms with Crippen LogP contribution in [0.5, 0.6) is 0 Å². The van der Waals surface area contributed by atoms with Gasteiger partial charge in [0.15, 0.2) is 0 Å². The summed E-state index contributed by atoms with van der Waals surface area (Å²) in [6.45, 7) is 0.535. The van der Waals surface area contributed by atoms with Crippen LogP contribution in [0, 0.1) is 0 Å². The summed E-state index contributed by atoms with van der Waals surface area (Å²) in [5.74, 6) is -0.292. The zero-order chi connectivity index (χ0) is 25.6. The number of rotatable bonds is 5. The van der Waals surface area contributed by atoms with Crippen molar-refractivity contribution in [2.24, 2.45) is 0 Å². The van der Waals surface area contributed by atoms with Gasteiger partial charge in [0.2, 0.25) is 5.91 Å². The van der Waals surface area contributed by atoms with Gasteiger partial charge in [-0.05, 0) is 48.2 Å². The van der Waals surface area contributed by atoms with Crippen LogP contribution in [0.1, 0.15) is 29.6 Å². The second kappa shape index (κ2) is 11.6. The maximum Gasteiger partial charge on any atom is 0.254 e. The topological polar surface area (TPSA) is 101 Å². The molecule has 3 heterocycles. The van der Waals surface area contributed by atoms with E-state index in [0.717, 1.165) is 16.8 Å². The first-order valence-corrected chi connectivity index (χ1v) is 12.6. The van der Waals surface area contributed by atoms with Crippen molar-refractivity contribution in [1.82, 2.24) is 9.88 Å². The largest absolute Gasteiger partial charge is 0.389 e. The number of amides is 2. The Labute approximate surface area is 216 Å². The number of carbonyl (C=O) groups is 2. The van der Waals surface area contributed by atoms with Gasteiger partial charge in [0, 0.05) is 30.2 Å². The molecule has 0 unspecified atom stereocenters. The number of nitrogens with zero attached hydrogens (tertiary/aromatic N) is 2. The van der Waals surface area contributed by atoms with E-state index in [1.54, 1.807) is 29.4 Å². The molecular weight excluding hydrogens is 470 g/mol. The Kier molecular flexibility index (Phi) is 7.89. The van der Waals surface area contributed by atoms with Crippen molar-refractivity contribution in [1.29, 1.82) is 0 Å². The van der Waals surface area contributed by atoms with Crippen molar-refractivity contribution >= 4 is 17.5 Å². The molecule has 8 nitrogen and oxygen atoms in total. The molecule has 0 saturated carbocycles. The summed E-state index contributed by atoms with van der Waals surface area (Å²) in [5, 5.41) is 13.3. The Morgan fingerprint density at radius 2 is 1.68 bits per heavy atom. The highest BCUT2D eigenvalue weighted by Gasteiger charge is 2.40. The molecule has 37 heavy (non-hydrogen) atoms. The summed E-state index contributed by atoms with van der Waals surface area (Å²) >= 11 is 0. The predicted molar refractivity (Wildman–Crippen MR) is 139 cm³/mol. The van der Waals surface area contributed by atoms with Gasteiger partial charge in [-0.3, -0.25) is 14.6 Å². The molecule has 0 bridgehead atoms. The van der Waals surface area contributed by atoms with E-state index >= 15 is 0 Å². The van der Waals surface area contributed by atoms with Crippen LogP contribution in [0.3, 0.4) is 0 Å². The number of nitrogens with one attached hydrogen (secondary N) is 1. The summed E-state index contributed by atoms with van der Waals surface area (Å²) in [7, 11) is 0. The van der Waals surface area contributed by atoms with Crippen molar-refractivity contribution in [3.05, 3.63) is 84.7 Å². The standard InChI is InChI=1S/C29H31N3O5/c33-24-17-32(29(35)22-12-14-30-15-13-22)26-11-10-25(37-27(26)19-36-18-24)16-28(34)31-23-8-6-21(7-9-23)20-4-2-1-3-5-20/h1-9,12-15,24-27,33H,10-11,16-19H2,(H,31,34)/t24-,25-,26+,27-/m1/s1. The van der Waals surface area contributed by atoms with E-state index in [9.17, 15) is 14.7 Å². The summed E-state index contributed by atoms with van der Waals surface area (Å²) in [6, 6.07) is 20.9. The van der Waals surface area contributed by atoms with Crippen LogP contribution in [0.2, 0.25) is 0 Å². The second-order valence-electron chi connectivity index (χ2n) is 9.52. The third-order valence-electron chi connectivity index (χ3n) is 6.86. The lowest BCUT2D eigenvalue weighted by molar-refractivity contribution is -0.149. The van der Waals surface area contributed by atoms with E-state index in [0.29, 0.717) is 18.4 Å². The molecule has 2 N–H and O–H groups in total. The molecule has 5 rings (SSSR count). The lowest BCUT2D eigenvalue weighted by atomic mass is 9.94. The summed E-state index contributed by atoms with van der Waals surface area (Å²) in [5.41, 5.74) is 3.45. The number of pyridine rings is 1. The highest BCUT2D eigenvalue weighted by Crippen LogP contribution is 2.29. The van der Waals surface area contributed by atoms with Crippen LogP contribution < -0.4 is 5.32 Å². The van der Waals surface area contributed by atoms with Crippen molar-refractivity contribution in [3.8, 4) is 11.1 Å². The highest BCUT2D eigenvalue weighted by molar-refractivity contribution is 5.94. The molecule has 1 aromatic heterocycles. The van der Waals surface area contributed by atoms with Gasteiger partial charge in [0.25, 0.3) is 5.91 Å². The minimum atomic E-state index is -0.775. The molecule has 192 valence electrons. The first-order valence-electron chi connectivity index (χ1n) is 12.6. The van der Waals surface area contributed by atoms with Crippen molar-refractivity contribution < 1.29 is 24.2 Å². The van der Waals surface area contributed by atoms with E-state index in [4.69, 9.17) is 9.47 Å². The number of fused-ring (bicyclic) bond motifs is 1. The van der Waals surface area contributed by atoms with E-state index < -0.39 is 6.10 Å². The smallest absolute Gasteiger partial charge is 0.254 e. The molecule has 2 amide bonds. The van der Waals surface area contributed by atoms with E-state index in [1.165, 1.54) is 0 Å². The van der Waals surface area contributed by atoms with Gasteiger partial charge in [-0.15, -0.1) is 0 Å². The van der Waals surface area contributed by atoms with E-state index in [2.05, 4.69) is 10.3 Å². The SMILES string of the molecule is O=C(C[C@H]1CC[C@H]2[C@@H](COC[C@H](O)CN2C(=O)c2ccncc2)O1)Nc1ccc(-c2ccccc2)cc1. The predicted octanol–water partition coefficient (Wildman–Crippen LogP) is 3.53. The quantitative estimate of drug-likeness (QED) is 0.555. The lowest BCUT2D eigenvalue weighted by Gasteiger charge is -2.44. The number of carbonyl (C=O) groups excluding carboxylic acids is 2. The van der Waals surface area contributed by atoms with Gasteiger partial charge >= 0.3 is 0 Å². The van der Waals surface area contributed by atoms with E-state index in [-0.39, 0.29) is 56.2 Å². The minimum absolute atomic E-state index is 0.122. The summed E-state index contributed by atoms with van der Waals surface area (Å²) in [6.07, 6.45) is 3.21. The zero-order valence-corrected chi connectivity index (χ0v) is 20.5. The maximum atomic E-state index is 13.3. The fourth-order valence-corrected chi connectivity index (χ4v) is 5.03. The Balaban J connectivity index is 1.20. The van der Waals surface area contributed by atoms with Crippen LogP contribution in [0.4, 0.5) is 5.69 Å². The van der Waals surface area contributed by atoms with Crippen LogP contribution in [-0.2, 0) is 14.3 Å². The number of aliphatic hydroxyl groups is 1. The molecule has 0 aliphatic carbocycles. The van der Waals surface area contributed by atoms with Gasteiger partial charge in [-0.25, -0.2) is 0 Å². The third-order valence-corrected chi connectivity index (χ3v) is 6.86. The number of aliphatic hydroxyl groups excluding tert-OH is 1. The molecule has 0 radical (unpaired) electrons. The van der Waals surface area contributed by atoms with Crippen molar-refractivity contribution in [3.63, 3.8) is 0 Å². The van der Waals surface area contributed by atoms with Gasteiger partial charge in [-0.1, -0.05) is 42.5 Å². The number of hydrogen-bond acceptors (Lipinski definition) is 6. The molecule has 2 aromatic carbocycles. The normalized spacial score (nSPS) is 23.9. The molecule has 2 aliphatic rings. The molecule has 2 aliphatic heterocycles. The Morgan fingerprint density at radius 3 is 2.43 bits per heavy atom. The summed E-state index contributed by atoms with van der Waals surface area (Å²) in [4.78, 5) is 31.7. The van der Waals surface area contributed by atoms with Gasteiger partial charge in [0.05, 0.1) is 37.9 Å². The molecule has 3 aromatic rings. The summed E-state index contributed by atoms with van der Waals surface area (Å²) < 4.78 is 12.0. The average Bonchev–Trinajstić information content (AvgIpc) is 2.92. The van der Waals surface area contributed by atoms with Crippen LogP contribution >= 0.6 is 0 Å². The highest BCUT2D eigenvalue weighted by atomic mass is 16.5. The molecule has 0 spiro atoms. The van der Waals surface area contributed by atoms with Crippen LogP contribution in [0.15, 0.2) is 79.1 Å². The maximum absolute atomic E-state index is 13.3. The fourth-order valence-electron chi connectivity index (χ4n) is 5.03. The monoisotopic (exact) mass is 501 g/mol. The van der Waals surface area contributed by atoms with E-state index in [1.807, 2.05) is 54.6 Å². The molecule has 2 fully saturated rings. The van der Waals surface area contributed by atoms with Gasteiger partial charge in [-0.2, -0.15) is 0 Å². The lowest BCUT2D eigenvalue weighted by Crippen LogP contribution is -2.57. The van der Waals surface area contributed by atoms with Crippen LogP contribution in [0.25, 0.3) is 11.1 Å². The Morgan fingerprint density at radius 1 is 0.946 bits per heavy atom. The number of benzene rings is 2. The number of β-amino-alcohol motifs (C(OH)–C–C–N with tert-alkyl or cyclic N) is 1. The third kappa shape index (κ3) is 6.22. The molecule has 2 saturated heterocycles. The Bertz CT molecular complexity index is 1190. The Hall–Kier alpha value is -3.59. The first-order chi connectivity index (χ1) is 18.1. The van der Waals surface area contributed by atoms with Crippen molar-refractivity contribution in [2.45, 2.75) is 43.6 Å². The van der Waals surface area contributed by atoms with Crippen LogP contribution in [-0.4, -0.2) is 70.9 Å². The van der Waals surface area contributed by atoms with Gasteiger partial charge in [0.1, 0.15) is 6.10 Å². The van der Waals surface area contributed by atoms with Gasteiger partial charge < -0.3 is 24.8 Å².